The van der Waals surface area contributed by atoms with E-state index in [-0.39, 0.29) is 29.5 Å². The molecule has 0 saturated carbocycles. The summed E-state index contributed by atoms with van der Waals surface area (Å²) in [4.78, 5) is 52.4. The topological polar surface area (TPSA) is 98.8 Å². The second kappa shape index (κ2) is 16.1. The van der Waals surface area contributed by atoms with Crippen LogP contribution in [-0.4, -0.2) is 72.7 Å². The molecule has 0 radical (unpaired) electrons. The van der Waals surface area contributed by atoms with Gasteiger partial charge >= 0.3 is 0 Å². The summed E-state index contributed by atoms with van der Waals surface area (Å²) in [5.41, 5.74) is 0.513. The lowest BCUT2D eigenvalue weighted by Gasteiger charge is -2.26. The van der Waals surface area contributed by atoms with Crippen molar-refractivity contribution < 1.29 is 19.2 Å². The molecule has 0 heterocycles. The third kappa shape index (κ3) is 13.7. The van der Waals surface area contributed by atoms with Crippen molar-refractivity contribution >= 4 is 23.6 Å². The van der Waals surface area contributed by atoms with Gasteiger partial charge < -0.3 is 20.4 Å². The molecule has 2 N–H and O–H groups in total. The van der Waals surface area contributed by atoms with Crippen LogP contribution < -0.4 is 10.6 Å². The summed E-state index contributed by atoms with van der Waals surface area (Å²) in [5, 5.41) is 5.78. The highest BCUT2D eigenvalue weighted by atomic mass is 16.2. The first-order valence-electron chi connectivity index (χ1n) is 12.6. The molecule has 0 aliphatic heterocycles. The van der Waals surface area contributed by atoms with Crippen molar-refractivity contribution in [3.8, 4) is 0 Å². The number of rotatable bonds is 16. The Hall–Kier alpha value is -2.64. The summed E-state index contributed by atoms with van der Waals surface area (Å²) < 4.78 is 0. The number of hydrogen-bond donors (Lipinski definition) is 2. The second-order valence-electron chi connectivity index (χ2n) is 10.5. The lowest BCUT2D eigenvalue weighted by molar-refractivity contribution is -0.129. The van der Waals surface area contributed by atoms with E-state index in [4.69, 9.17) is 0 Å². The molecule has 0 unspecified atom stereocenters. The quantitative estimate of drug-likeness (QED) is 0.255. The molecular weight excluding hydrogens is 444 g/mol. The summed E-state index contributed by atoms with van der Waals surface area (Å²) >= 11 is 0. The number of hydrogen-bond acceptors (Lipinski definition) is 4. The molecule has 0 aliphatic rings. The number of unbranched alkanes of at least 4 members (excludes halogenated alkanes) is 1. The van der Waals surface area contributed by atoms with E-state index in [0.717, 1.165) is 12.8 Å². The van der Waals surface area contributed by atoms with E-state index in [2.05, 4.69) is 23.8 Å². The van der Waals surface area contributed by atoms with Crippen LogP contribution in [-0.2, 0) is 19.2 Å². The first kappa shape index (κ1) is 32.4. The highest BCUT2D eigenvalue weighted by Gasteiger charge is 2.21. The summed E-state index contributed by atoms with van der Waals surface area (Å²) in [7, 11) is 0. The molecule has 0 aromatic carbocycles. The Morgan fingerprint density at radius 1 is 0.714 bits per heavy atom. The van der Waals surface area contributed by atoms with Crippen LogP contribution in [0.4, 0.5) is 0 Å². The van der Waals surface area contributed by atoms with E-state index < -0.39 is 5.41 Å². The van der Waals surface area contributed by atoms with Crippen LogP contribution in [0.25, 0.3) is 0 Å². The van der Waals surface area contributed by atoms with Gasteiger partial charge in [0, 0.05) is 61.7 Å². The molecule has 200 valence electrons. The number of nitrogens with one attached hydrogen (secondary N) is 2. The van der Waals surface area contributed by atoms with Crippen molar-refractivity contribution in [2.75, 3.05) is 39.3 Å². The maximum absolute atomic E-state index is 12.6. The fraction of sp³-hybridized carbons (Fsp3) is 0.704. The SMILES string of the molecule is C=C(C)C(=O)N(CCCCN(CCCNC(=O)C(C)(C)C)C(=O)C(=C)C)CCCNC(=O)C(C)C. The van der Waals surface area contributed by atoms with Gasteiger partial charge in [0.1, 0.15) is 0 Å². The maximum Gasteiger partial charge on any atom is 0.248 e. The molecule has 0 saturated heterocycles. The molecule has 0 atom stereocenters. The number of carbonyl (C=O) groups is 4. The van der Waals surface area contributed by atoms with Gasteiger partial charge in [-0.15, -0.1) is 0 Å². The van der Waals surface area contributed by atoms with Gasteiger partial charge in [0.25, 0.3) is 0 Å². The third-order valence-electron chi connectivity index (χ3n) is 5.41. The van der Waals surface area contributed by atoms with Crippen LogP contribution in [0, 0.1) is 11.3 Å². The Labute approximate surface area is 212 Å². The van der Waals surface area contributed by atoms with Crippen molar-refractivity contribution in [2.24, 2.45) is 11.3 Å². The van der Waals surface area contributed by atoms with E-state index >= 15 is 0 Å². The van der Waals surface area contributed by atoms with Crippen molar-refractivity contribution in [2.45, 2.75) is 74.1 Å². The highest BCUT2D eigenvalue weighted by molar-refractivity contribution is 5.92. The van der Waals surface area contributed by atoms with Crippen LogP contribution in [0.5, 0.6) is 0 Å². The Morgan fingerprint density at radius 2 is 1.09 bits per heavy atom. The zero-order chi connectivity index (χ0) is 27.2. The maximum atomic E-state index is 12.6. The minimum absolute atomic E-state index is 0.00280. The Bertz CT molecular complexity index is 753. The molecule has 0 spiro atoms. The third-order valence-corrected chi connectivity index (χ3v) is 5.41. The standard InChI is InChI=1S/C27H48N4O4/c1-20(2)23(32)28-14-12-18-30(24(33)21(3)4)16-10-11-17-31(25(34)22(5)6)19-13-15-29-26(35)27(7,8)9/h20H,3,5,10-19H2,1-2,4,6-9H3,(H,28,32)(H,29,35). The van der Waals surface area contributed by atoms with Crippen LogP contribution in [0.2, 0.25) is 0 Å². The van der Waals surface area contributed by atoms with Gasteiger partial charge in [-0.2, -0.15) is 0 Å². The molecule has 8 nitrogen and oxygen atoms in total. The fourth-order valence-corrected chi connectivity index (χ4v) is 3.20. The highest BCUT2D eigenvalue weighted by Crippen LogP contribution is 2.12. The minimum atomic E-state index is -0.444. The van der Waals surface area contributed by atoms with Crippen molar-refractivity contribution in [1.29, 1.82) is 0 Å². The normalized spacial score (nSPS) is 11.1. The van der Waals surface area contributed by atoms with Gasteiger partial charge in [-0.3, -0.25) is 19.2 Å². The summed E-state index contributed by atoms with van der Waals surface area (Å²) in [5.74, 6) is -0.264. The zero-order valence-corrected chi connectivity index (χ0v) is 23.1. The van der Waals surface area contributed by atoms with Crippen LogP contribution >= 0.6 is 0 Å². The minimum Gasteiger partial charge on any atom is -0.356 e. The van der Waals surface area contributed by atoms with Gasteiger partial charge in [0.15, 0.2) is 0 Å². The molecule has 0 bridgehead atoms. The first-order valence-corrected chi connectivity index (χ1v) is 12.6. The molecule has 0 aromatic rings. The largest absolute Gasteiger partial charge is 0.356 e. The van der Waals surface area contributed by atoms with Crippen LogP contribution in [0.3, 0.4) is 0 Å². The zero-order valence-electron chi connectivity index (χ0n) is 23.1. The van der Waals surface area contributed by atoms with Crippen LogP contribution in [0.15, 0.2) is 24.3 Å². The molecule has 0 aromatic heterocycles. The molecule has 4 amide bonds. The Kier molecular flexibility index (Phi) is 14.9. The van der Waals surface area contributed by atoms with E-state index in [1.165, 1.54) is 0 Å². The van der Waals surface area contributed by atoms with Gasteiger partial charge in [-0.25, -0.2) is 0 Å². The monoisotopic (exact) mass is 492 g/mol. The average Bonchev–Trinajstić information content (AvgIpc) is 2.76. The van der Waals surface area contributed by atoms with E-state index in [1.807, 2.05) is 34.6 Å². The predicted octanol–water partition coefficient (Wildman–Crippen LogP) is 3.29. The van der Waals surface area contributed by atoms with E-state index in [9.17, 15) is 19.2 Å². The van der Waals surface area contributed by atoms with E-state index in [1.54, 1.807) is 23.6 Å². The smallest absolute Gasteiger partial charge is 0.248 e. The van der Waals surface area contributed by atoms with Crippen molar-refractivity contribution in [3.63, 3.8) is 0 Å². The molecule has 35 heavy (non-hydrogen) atoms. The van der Waals surface area contributed by atoms with Gasteiger partial charge in [-0.1, -0.05) is 47.8 Å². The van der Waals surface area contributed by atoms with Crippen LogP contribution in [0.1, 0.15) is 74.1 Å². The molecule has 0 rings (SSSR count). The lowest BCUT2D eigenvalue weighted by Crippen LogP contribution is -2.39. The molecule has 8 heteroatoms. The number of nitrogens with zero attached hydrogens (tertiary/aromatic N) is 2. The second-order valence-corrected chi connectivity index (χ2v) is 10.5. The van der Waals surface area contributed by atoms with Gasteiger partial charge in [-0.05, 0) is 39.5 Å². The fourth-order valence-electron chi connectivity index (χ4n) is 3.20. The Morgan fingerprint density at radius 3 is 1.43 bits per heavy atom. The summed E-state index contributed by atoms with van der Waals surface area (Å²) in [6, 6.07) is 0. The Balaban J connectivity index is 4.70. The van der Waals surface area contributed by atoms with Gasteiger partial charge in [0.2, 0.25) is 23.6 Å². The molecule has 0 fully saturated rings. The van der Waals surface area contributed by atoms with Crippen molar-refractivity contribution in [1.82, 2.24) is 20.4 Å². The van der Waals surface area contributed by atoms with Crippen molar-refractivity contribution in [3.05, 3.63) is 24.3 Å². The lowest BCUT2D eigenvalue weighted by atomic mass is 9.96. The number of carbonyl (C=O) groups excluding carboxylic acids is 4. The van der Waals surface area contributed by atoms with Gasteiger partial charge in [0.05, 0.1) is 0 Å². The summed E-state index contributed by atoms with van der Waals surface area (Å²) in [6.45, 7) is 23.4. The molecule has 0 aliphatic carbocycles. The first-order chi connectivity index (χ1) is 16.2. The molecular formula is C27H48N4O4. The number of amides is 4. The summed E-state index contributed by atoms with van der Waals surface area (Å²) in [6.07, 6.45) is 2.79. The average molecular weight is 493 g/mol. The van der Waals surface area contributed by atoms with E-state index in [0.29, 0.717) is 63.3 Å². The predicted molar refractivity (Wildman–Crippen MR) is 142 cm³/mol.